The summed E-state index contributed by atoms with van der Waals surface area (Å²) in [5.41, 5.74) is 1.21. The number of carbonyl (C=O) groups excluding carboxylic acids is 1. The van der Waals surface area contributed by atoms with Gasteiger partial charge in [-0.2, -0.15) is 0 Å². The van der Waals surface area contributed by atoms with Crippen LogP contribution in [0.5, 0.6) is 0 Å². The third-order valence-corrected chi connectivity index (χ3v) is 1.55. The third-order valence-electron chi connectivity index (χ3n) is 1.55. The summed E-state index contributed by atoms with van der Waals surface area (Å²) in [4.78, 5) is 11.1. The van der Waals surface area contributed by atoms with Crippen LogP contribution in [0, 0.1) is 0 Å². The standard InChI is InChI=1S/C10H18O/c1-4-6-9(3)8-10(11)7-5-2/h8H,4-7H2,1-3H3/b9-8+. The van der Waals surface area contributed by atoms with Crippen LogP contribution >= 0.6 is 0 Å². The van der Waals surface area contributed by atoms with E-state index in [2.05, 4.69) is 6.92 Å². The first kappa shape index (κ1) is 10.4. The molecule has 0 aliphatic rings. The van der Waals surface area contributed by atoms with Gasteiger partial charge in [0.2, 0.25) is 0 Å². The molecule has 0 aliphatic heterocycles. The van der Waals surface area contributed by atoms with Crippen LogP contribution in [0.25, 0.3) is 0 Å². The molecular formula is C10H18O. The minimum absolute atomic E-state index is 0.276. The first-order chi connectivity index (χ1) is 5.20. The van der Waals surface area contributed by atoms with E-state index in [1.165, 1.54) is 5.57 Å². The van der Waals surface area contributed by atoms with Crippen molar-refractivity contribution >= 4 is 5.78 Å². The third kappa shape index (κ3) is 5.84. The molecule has 0 spiro atoms. The van der Waals surface area contributed by atoms with Gasteiger partial charge in [-0.25, -0.2) is 0 Å². The van der Waals surface area contributed by atoms with Crippen molar-refractivity contribution in [3.8, 4) is 0 Å². The summed E-state index contributed by atoms with van der Waals surface area (Å²) < 4.78 is 0. The Morgan fingerprint density at radius 3 is 2.18 bits per heavy atom. The highest BCUT2D eigenvalue weighted by atomic mass is 16.1. The van der Waals surface area contributed by atoms with Crippen LogP contribution in [-0.2, 0) is 4.79 Å². The highest BCUT2D eigenvalue weighted by Gasteiger charge is 1.95. The van der Waals surface area contributed by atoms with E-state index in [1.54, 1.807) is 6.08 Å². The number of carbonyl (C=O) groups is 1. The first-order valence-electron chi connectivity index (χ1n) is 4.40. The maximum Gasteiger partial charge on any atom is 0.155 e. The van der Waals surface area contributed by atoms with E-state index in [0.29, 0.717) is 6.42 Å². The summed E-state index contributed by atoms with van der Waals surface area (Å²) in [6.07, 6.45) is 5.61. The van der Waals surface area contributed by atoms with Crippen LogP contribution in [0.3, 0.4) is 0 Å². The Balaban J connectivity index is 3.76. The van der Waals surface area contributed by atoms with Gasteiger partial charge in [0.15, 0.2) is 5.78 Å². The second-order valence-corrected chi connectivity index (χ2v) is 2.96. The predicted octanol–water partition coefficient (Wildman–Crippen LogP) is 3.10. The summed E-state index contributed by atoms with van der Waals surface area (Å²) in [5.74, 6) is 0.276. The zero-order valence-electron chi connectivity index (χ0n) is 7.81. The molecule has 0 aromatic heterocycles. The molecule has 0 N–H and O–H groups in total. The molecule has 0 aromatic carbocycles. The van der Waals surface area contributed by atoms with Crippen molar-refractivity contribution in [2.75, 3.05) is 0 Å². The minimum Gasteiger partial charge on any atom is -0.295 e. The topological polar surface area (TPSA) is 17.1 Å². The maximum atomic E-state index is 11.1. The van der Waals surface area contributed by atoms with E-state index in [0.717, 1.165) is 19.3 Å². The molecular weight excluding hydrogens is 136 g/mol. The highest BCUT2D eigenvalue weighted by Crippen LogP contribution is 2.04. The summed E-state index contributed by atoms with van der Waals surface area (Å²) in [6.45, 7) is 6.18. The molecule has 0 atom stereocenters. The zero-order valence-corrected chi connectivity index (χ0v) is 7.81. The monoisotopic (exact) mass is 154 g/mol. The van der Waals surface area contributed by atoms with Crippen LogP contribution in [-0.4, -0.2) is 5.78 Å². The summed E-state index contributed by atoms with van der Waals surface area (Å²) in [5, 5.41) is 0. The number of hydrogen-bond donors (Lipinski definition) is 0. The van der Waals surface area contributed by atoms with Crippen LogP contribution in [0.4, 0.5) is 0 Å². The largest absolute Gasteiger partial charge is 0.295 e. The Kier molecular flexibility index (Phi) is 5.81. The normalized spacial score (nSPS) is 11.7. The quantitative estimate of drug-likeness (QED) is 0.556. The van der Waals surface area contributed by atoms with Gasteiger partial charge in [-0.05, 0) is 25.8 Å². The van der Waals surface area contributed by atoms with Crippen LogP contribution in [0.1, 0.15) is 46.5 Å². The summed E-state index contributed by atoms with van der Waals surface area (Å²) in [6, 6.07) is 0. The molecule has 0 saturated carbocycles. The van der Waals surface area contributed by atoms with E-state index >= 15 is 0 Å². The molecule has 0 aromatic rings. The molecule has 1 heteroatoms. The van der Waals surface area contributed by atoms with Crippen molar-refractivity contribution in [1.29, 1.82) is 0 Å². The lowest BCUT2D eigenvalue weighted by atomic mass is 10.1. The molecule has 11 heavy (non-hydrogen) atoms. The Hall–Kier alpha value is -0.590. The molecule has 0 fully saturated rings. The fourth-order valence-electron chi connectivity index (χ4n) is 1.06. The fraction of sp³-hybridized carbons (Fsp3) is 0.700. The Labute approximate surface area is 69.5 Å². The smallest absolute Gasteiger partial charge is 0.155 e. The van der Waals surface area contributed by atoms with Crippen molar-refractivity contribution in [1.82, 2.24) is 0 Å². The van der Waals surface area contributed by atoms with Crippen molar-refractivity contribution in [2.45, 2.75) is 46.5 Å². The molecule has 0 rings (SSSR count). The minimum atomic E-state index is 0.276. The molecule has 64 valence electrons. The average Bonchev–Trinajstić information content (AvgIpc) is 1.87. The van der Waals surface area contributed by atoms with Gasteiger partial charge >= 0.3 is 0 Å². The predicted molar refractivity (Wildman–Crippen MR) is 48.6 cm³/mol. The SMILES string of the molecule is CCCC(=O)/C=C(\C)CCC. The van der Waals surface area contributed by atoms with Gasteiger partial charge in [0.25, 0.3) is 0 Å². The summed E-state index contributed by atoms with van der Waals surface area (Å²) >= 11 is 0. The zero-order chi connectivity index (χ0) is 8.69. The second kappa shape index (κ2) is 6.14. The maximum absolute atomic E-state index is 11.1. The van der Waals surface area contributed by atoms with Gasteiger partial charge < -0.3 is 0 Å². The van der Waals surface area contributed by atoms with E-state index in [-0.39, 0.29) is 5.78 Å². The van der Waals surface area contributed by atoms with Gasteiger partial charge in [-0.1, -0.05) is 25.8 Å². The Morgan fingerprint density at radius 1 is 1.18 bits per heavy atom. The van der Waals surface area contributed by atoms with Crippen molar-refractivity contribution in [3.63, 3.8) is 0 Å². The molecule has 0 saturated heterocycles. The van der Waals surface area contributed by atoms with Gasteiger partial charge in [0, 0.05) is 6.42 Å². The highest BCUT2D eigenvalue weighted by molar-refractivity contribution is 5.90. The van der Waals surface area contributed by atoms with Crippen LogP contribution in [0.15, 0.2) is 11.6 Å². The number of hydrogen-bond acceptors (Lipinski definition) is 1. The number of allylic oxidation sites excluding steroid dienone is 2. The van der Waals surface area contributed by atoms with E-state index in [4.69, 9.17) is 0 Å². The molecule has 0 heterocycles. The number of rotatable bonds is 5. The van der Waals surface area contributed by atoms with Crippen LogP contribution in [0.2, 0.25) is 0 Å². The lowest BCUT2D eigenvalue weighted by Crippen LogP contribution is -1.92. The van der Waals surface area contributed by atoms with E-state index < -0.39 is 0 Å². The molecule has 0 bridgehead atoms. The van der Waals surface area contributed by atoms with Gasteiger partial charge in [-0.15, -0.1) is 0 Å². The van der Waals surface area contributed by atoms with Gasteiger partial charge in [-0.3, -0.25) is 4.79 Å². The van der Waals surface area contributed by atoms with Gasteiger partial charge in [0.1, 0.15) is 0 Å². The first-order valence-corrected chi connectivity index (χ1v) is 4.40. The molecule has 0 unspecified atom stereocenters. The fourth-order valence-corrected chi connectivity index (χ4v) is 1.06. The second-order valence-electron chi connectivity index (χ2n) is 2.96. The van der Waals surface area contributed by atoms with Crippen molar-refractivity contribution in [3.05, 3.63) is 11.6 Å². The lowest BCUT2D eigenvalue weighted by Gasteiger charge is -1.96. The Morgan fingerprint density at radius 2 is 1.73 bits per heavy atom. The molecule has 0 radical (unpaired) electrons. The lowest BCUT2D eigenvalue weighted by molar-refractivity contribution is -0.114. The van der Waals surface area contributed by atoms with E-state index in [9.17, 15) is 4.79 Å². The molecule has 1 nitrogen and oxygen atoms in total. The van der Waals surface area contributed by atoms with Crippen molar-refractivity contribution < 1.29 is 4.79 Å². The van der Waals surface area contributed by atoms with Crippen LogP contribution < -0.4 is 0 Å². The molecule has 0 aliphatic carbocycles. The van der Waals surface area contributed by atoms with Gasteiger partial charge in [0.05, 0.1) is 0 Å². The molecule has 0 amide bonds. The van der Waals surface area contributed by atoms with Crippen molar-refractivity contribution in [2.24, 2.45) is 0 Å². The number of ketones is 1. The Bertz CT molecular complexity index is 145. The van der Waals surface area contributed by atoms with E-state index in [1.807, 2.05) is 13.8 Å². The average molecular weight is 154 g/mol. The summed E-state index contributed by atoms with van der Waals surface area (Å²) in [7, 11) is 0.